The molecule has 20 heavy (non-hydrogen) atoms. The molecule has 0 amide bonds. The lowest BCUT2D eigenvalue weighted by Gasteiger charge is -2.13. The maximum atomic E-state index is 12.4. The number of hydrogen-bond donors (Lipinski definition) is 0. The Hall–Kier alpha value is -1.88. The van der Waals surface area contributed by atoms with E-state index in [0.717, 1.165) is 0 Å². The van der Waals surface area contributed by atoms with Crippen LogP contribution < -0.4 is 5.43 Å². The molecule has 2 aromatic rings. The summed E-state index contributed by atoms with van der Waals surface area (Å²) in [6.45, 7) is 6.23. The number of aromatic nitrogens is 2. The predicted octanol–water partition coefficient (Wildman–Crippen LogP) is 2.55. The van der Waals surface area contributed by atoms with Gasteiger partial charge in [-0.15, -0.1) is 0 Å². The first kappa shape index (κ1) is 14.5. The van der Waals surface area contributed by atoms with Gasteiger partial charge >= 0.3 is 5.97 Å². The van der Waals surface area contributed by atoms with Gasteiger partial charge in [-0.2, -0.15) is 0 Å². The molecule has 0 bridgehead atoms. The van der Waals surface area contributed by atoms with Gasteiger partial charge in [0.25, 0.3) is 0 Å². The minimum atomic E-state index is -0.618. The molecule has 0 N–H and O–H groups in total. The van der Waals surface area contributed by atoms with Crippen molar-refractivity contribution < 1.29 is 9.53 Å². The minimum absolute atomic E-state index is 0.0165. The van der Waals surface area contributed by atoms with Crippen molar-refractivity contribution in [2.75, 3.05) is 6.61 Å². The Balaban J connectivity index is 2.85. The molecular weight excluding hydrogens is 280 g/mol. The number of aryl methyl sites for hydroxylation is 2. The van der Waals surface area contributed by atoms with Crippen molar-refractivity contribution >= 4 is 28.5 Å². The molecule has 0 saturated carbocycles. The number of nitrogens with zero attached hydrogens (tertiary/aromatic N) is 2. The molecule has 0 aliphatic heterocycles. The summed E-state index contributed by atoms with van der Waals surface area (Å²) in [4.78, 5) is 28.4. The summed E-state index contributed by atoms with van der Waals surface area (Å²) in [7, 11) is 0. The van der Waals surface area contributed by atoms with Gasteiger partial charge in [-0.05, 0) is 26.8 Å². The van der Waals surface area contributed by atoms with Crippen molar-refractivity contribution in [3.8, 4) is 0 Å². The number of halogens is 1. The van der Waals surface area contributed by atoms with E-state index in [0.29, 0.717) is 23.1 Å². The Morgan fingerprint density at radius 1 is 1.45 bits per heavy atom. The standard InChI is InChI=1S/C14H15ClN2O3/c1-4-17-7-10(14(19)20-5-2)13(18)9-6-11(15)16-8(3)12(9)17/h6-7H,4-5H2,1-3H3. The number of carbonyl (C=O) groups is 1. The summed E-state index contributed by atoms with van der Waals surface area (Å²) in [5, 5.41) is 0.616. The molecule has 0 unspecified atom stereocenters. The minimum Gasteiger partial charge on any atom is -0.462 e. The average molecular weight is 295 g/mol. The highest BCUT2D eigenvalue weighted by Crippen LogP contribution is 2.19. The van der Waals surface area contributed by atoms with Crippen LogP contribution in [-0.4, -0.2) is 22.1 Å². The first-order chi connectivity index (χ1) is 9.49. The topological polar surface area (TPSA) is 61.2 Å². The predicted molar refractivity (Wildman–Crippen MR) is 77.4 cm³/mol. The molecule has 0 aliphatic carbocycles. The average Bonchev–Trinajstić information content (AvgIpc) is 2.39. The van der Waals surface area contributed by atoms with Crippen LogP contribution in [-0.2, 0) is 11.3 Å². The Bertz CT molecular complexity index is 737. The first-order valence-corrected chi connectivity index (χ1v) is 6.74. The third-order valence-electron chi connectivity index (χ3n) is 3.03. The normalized spacial score (nSPS) is 10.8. The number of pyridine rings is 2. The van der Waals surface area contributed by atoms with Gasteiger partial charge < -0.3 is 9.30 Å². The van der Waals surface area contributed by atoms with Crippen molar-refractivity contribution in [2.45, 2.75) is 27.3 Å². The number of esters is 1. The molecule has 0 spiro atoms. The van der Waals surface area contributed by atoms with Crippen molar-refractivity contribution in [3.05, 3.63) is 38.9 Å². The molecule has 106 valence electrons. The molecule has 0 aromatic carbocycles. The van der Waals surface area contributed by atoms with Crippen LogP contribution in [0.2, 0.25) is 5.15 Å². The molecule has 2 heterocycles. The Kier molecular flexibility index (Phi) is 4.09. The van der Waals surface area contributed by atoms with Crippen molar-refractivity contribution in [2.24, 2.45) is 0 Å². The fourth-order valence-corrected chi connectivity index (χ4v) is 2.43. The third-order valence-corrected chi connectivity index (χ3v) is 3.23. The second-order valence-corrected chi connectivity index (χ2v) is 4.69. The van der Waals surface area contributed by atoms with E-state index in [1.807, 2.05) is 11.5 Å². The van der Waals surface area contributed by atoms with Crippen molar-refractivity contribution in [1.29, 1.82) is 0 Å². The van der Waals surface area contributed by atoms with Crippen LogP contribution in [0.1, 0.15) is 29.9 Å². The molecule has 2 rings (SSSR count). The SMILES string of the molecule is CCOC(=O)c1cn(CC)c2c(C)nc(Cl)cc2c1=O. The van der Waals surface area contributed by atoms with Gasteiger partial charge in [0, 0.05) is 12.7 Å². The van der Waals surface area contributed by atoms with E-state index < -0.39 is 5.97 Å². The molecule has 0 fully saturated rings. The fraction of sp³-hybridized carbons (Fsp3) is 0.357. The largest absolute Gasteiger partial charge is 0.462 e. The second kappa shape index (κ2) is 5.63. The summed E-state index contributed by atoms with van der Waals surface area (Å²) in [6.07, 6.45) is 1.52. The zero-order chi connectivity index (χ0) is 14.9. The molecule has 0 radical (unpaired) electrons. The van der Waals surface area contributed by atoms with E-state index >= 15 is 0 Å². The van der Waals surface area contributed by atoms with Crippen LogP contribution in [0.3, 0.4) is 0 Å². The van der Waals surface area contributed by atoms with Gasteiger partial charge in [0.2, 0.25) is 5.43 Å². The number of fused-ring (bicyclic) bond motifs is 1. The Morgan fingerprint density at radius 2 is 2.15 bits per heavy atom. The molecule has 6 heteroatoms. The molecule has 0 atom stereocenters. The van der Waals surface area contributed by atoms with Crippen LogP contribution in [0.4, 0.5) is 0 Å². The second-order valence-electron chi connectivity index (χ2n) is 4.30. The van der Waals surface area contributed by atoms with Gasteiger partial charge in [-0.25, -0.2) is 9.78 Å². The van der Waals surface area contributed by atoms with Crippen molar-refractivity contribution in [3.63, 3.8) is 0 Å². The number of hydrogen-bond acceptors (Lipinski definition) is 4. The van der Waals surface area contributed by atoms with E-state index in [2.05, 4.69) is 4.98 Å². The highest BCUT2D eigenvalue weighted by atomic mass is 35.5. The zero-order valence-corrected chi connectivity index (χ0v) is 12.3. The molecule has 0 aliphatic rings. The van der Waals surface area contributed by atoms with E-state index in [9.17, 15) is 9.59 Å². The Morgan fingerprint density at radius 3 is 2.75 bits per heavy atom. The van der Waals surface area contributed by atoms with Gasteiger partial charge in [0.1, 0.15) is 10.7 Å². The molecular formula is C14H15ClN2O3. The fourth-order valence-electron chi connectivity index (χ4n) is 2.19. The number of rotatable bonds is 3. The quantitative estimate of drug-likeness (QED) is 0.645. The molecule has 0 saturated heterocycles. The lowest BCUT2D eigenvalue weighted by molar-refractivity contribution is 0.0524. The summed E-state index contributed by atoms with van der Waals surface area (Å²) < 4.78 is 6.72. The smallest absolute Gasteiger partial charge is 0.343 e. The van der Waals surface area contributed by atoms with Crippen LogP contribution in [0.5, 0.6) is 0 Å². The molecule has 5 nitrogen and oxygen atoms in total. The maximum absolute atomic E-state index is 12.4. The first-order valence-electron chi connectivity index (χ1n) is 6.37. The number of carbonyl (C=O) groups excluding carboxylic acids is 1. The van der Waals surface area contributed by atoms with Crippen LogP contribution in [0, 0.1) is 6.92 Å². The lowest BCUT2D eigenvalue weighted by atomic mass is 10.1. The highest BCUT2D eigenvalue weighted by Gasteiger charge is 2.18. The lowest BCUT2D eigenvalue weighted by Crippen LogP contribution is -2.21. The summed E-state index contributed by atoms with van der Waals surface area (Å²) in [6, 6.07) is 1.49. The van der Waals surface area contributed by atoms with Gasteiger partial charge in [-0.3, -0.25) is 4.79 Å². The van der Waals surface area contributed by atoms with Gasteiger partial charge in [0.05, 0.1) is 23.2 Å². The van der Waals surface area contributed by atoms with E-state index in [1.54, 1.807) is 13.8 Å². The maximum Gasteiger partial charge on any atom is 0.343 e. The van der Waals surface area contributed by atoms with Crippen LogP contribution in [0.15, 0.2) is 17.1 Å². The van der Waals surface area contributed by atoms with E-state index in [-0.39, 0.29) is 22.8 Å². The molecule has 2 aromatic heterocycles. The number of ether oxygens (including phenoxy) is 1. The zero-order valence-electron chi connectivity index (χ0n) is 11.6. The summed E-state index contributed by atoms with van der Waals surface area (Å²) in [5.74, 6) is -0.618. The summed E-state index contributed by atoms with van der Waals surface area (Å²) >= 11 is 5.91. The van der Waals surface area contributed by atoms with E-state index in [4.69, 9.17) is 16.3 Å². The van der Waals surface area contributed by atoms with E-state index in [1.165, 1.54) is 12.3 Å². The van der Waals surface area contributed by atoms with Gasteiger partial charge in [0.15, 0.2) is 0 Å². The van der Waals surface area contributed by atoms with Crippen molar-refractivity contribution in [1.82, 2.24) is 9.55 Å². The monoisotopic (exact) mass is 294 g/mol. The van der Waals surface area contributed by atoms with Crippen LogP contribution >= 0.6 is 11.6 Å². The third kappa shape index (κ3) is 2.41. The highest BCUT2D eigenvalue weighted by molar-refractivity contribution is 6.30. The van der Waals surface area contributed by atoms with Crippen LogP contribution in [0.25, 0.3) is 10.9 Å². The summed E-state index contributed by atoms with van der Waals surface area (Å²) in [5.41, 5.74) is 0.982. The van der Waals surface area contributed by atoms with Gasteiger partial charge in [-0.1, -0.05) is 11.6 Å². The Labute approximate surface area is 121 Å².